The zero-order valence-corrected chi connectivity index (χ0v) is 11.4. The molecule has 2 heterocycles. The quantitative estimate of drug-likeness (QED) is 0.601. The highest BCUT2D eigenvalue weighted by atomic mass is 28.3. The summed E-state index contributed by atoms with van der Waals surface area (Å²) < 4.78 is 11.1. The predicted octanol–water partition coefficient (Wildman–Crippen LogP) is 1.82. The van der Waals surface area contributed by atoms with Gasteiger partial charge in [-0.1, -0.05) is 25.2 Å². The Morgan fingerprint density at radius 2 is 2.18 bits per heavy atom. The van der Waals surface area contributed by atoms with Crippen molar-refractivity contribution in [1.82, 2.24) is 4.98 Å². The Hall–Kier alpha value is -0.973. The summed E-state index contributed by atoms with van der Waals surface area (Å²) in [6.45, 7) is 9.61. The zero-order valence-electron chi connectivity index (χ0n) is 10.4. The minimum absolute atomic E-state index is 0.261. The zero-order chi connectivity index (χ0) is 12.3. The van der Waals surface area contributed by atoms with Crippen LogP contribution in [0.3, 0.4) is 0 Å². The third kappa shape index (κ3) is 2.83. The molecule has 1 saturated heterocycles. The van der Waals surface area contributed by atoms with E-state index in [4.69, 9.17) is 9.47 Å². The monoisotopic (exact) mass is 248 g/mol. The van der Waals surface area contributed by atoms with Gasteiger partial charge in [-0.3, -0.25) is 4.98 Å². The first-order chi connectivity index (χ1) is 8.22. The van der Waals surface area contributed by atoms with Crippen LogP contribution >= 0.6 is 0 Å². The average Bonchev–Trinajstić information content (AvgIpc) is 2.82. The SMILES string of the molecule is C=CCc1cnc(C2OCCO2)c([Si](C)C)c1. The van der Waals surface area contributed by atoms with Gasteiger partial charge >= 0.3 is 0 Å². The van der Waals surface area contributed by atoms with E-state index >= 15 is 0 Å². The van der Waals surface area contributed by atoms with Crippen molar-refractivity contribution in [2.24, 2.45) is 0 Å². The van der Waals surface area contributed by atoms with Crippen LogP contribution in [0, 0.1) is 0 Å². The summed E-state index contributed by atoms with van der Waals surface area (Å²) >= 11 is 0. The molecule has 1 fully saturated rings. The maximum atomic E-state index is 5.54. The number of ether oxygens (including phenoxy) is 2. The van der Waals surface area contributed by atoms with Crippen LogP contribution < -0.4 is 5.19 Å². The van der Waals surface area contributed by atoms with Gasteiger partial charge in [0.1, 0.15) is 0 Å². The van der Waals surface area contributed by atoms with Gasteiger partial charge in [-0.05, 0) is 17.2 Å². The molecular weight excluding hydrogens is 230 g/mol. The lowest BCUT2D eigenvalue weighted by molar-refractivity contribution is -0.0465. The number of hydrogen-bond acceptors (Lipinski definition) is 3. The van der Waals surface area contributed by atoms with Gasteiger partial charge < -0.3 is 9.47 Å². The highest BCUT2D eigenvalue weighted by Crippen LogP contribution is 2.20. The number of hydrogen-bond donors (Lipinski definition) is 0. The van der Waals surface area contributed by atoms with Gasteiger partial charge in [0.25, 0.3) is 0 Å². The molecule has 0 N–H and O–H groups in total. The minimum Gasteiger partial charge on any atom is -0.345 e. The van der Waals surface area contributed by atoms with Crippen molar-refractivity contribution in [3.63, 3.8) is 0 Å². The molecule has 1 radical (unpaired) electrons. The second-order valence-electron chi connectivity index (χ2n) is 4.34. The second-order valence-corrected chi connectivity index (χ2v) is 6.88. The molecule has 1 aliphatic heterocycles. The average molecular weight is 248 g/mol. The summed E-state index contributed by atoms with van der Waals surface area (Å²) in [5, 5.41) is 1.31. The van der Waals surface area contributed by atoms with Crippen LogP contribution in [0.4, 0.5) is 0 Å². The molecule has 91 valence electrons. The molecule has 2 rings (SSSR count). The van der Waals surface area contributed by atoms with Gasteiger partial charge in [-0.15, -0.1) is 6.58 Å². The van der Waals surface area contributed by atoms with E-state index in [1.807, 2.05) is 12.3 Å². The van der Waals surface area contributed by atoms with Gasteiger partial charge in [0, 0.05) is 6.20 Å². The van der Waals surface area contributed by atoms with Crippen LogP contribution in [0.5, 0.6) is 0 Å². The highest BCUT2D eigenvalue weighted by molar-refractivity contribution is 6.71. The Labute approximate surface area is 104 Å². The third-order valence-electron chi connectivity index (χ3n) is 2.74. The summed E-state index contributed by atoms with van der Waals surface area (Å²) in [6.07, 6.45) is 4.40. The molecule has 17 heavy (non-hydrogen) atoms. The summed E-state index contributed by atoms with van der Waals surface area (Å²) in [5.41, 5.74) is 2.18. The van der Waals surface area contributed by atoms with Crippen molar-refractivity contribution in [3.05, 3.63) is 36.2 Å². The molecule has 1 aliphatic rings. The Kier molecular flexibility index (Phi) is 4.09. The van der Waals surface area contributed by atoms with E-state index in [1.165, 1.54) is 10.8 Å². The molecule has 0 saturated carbocycles. The van der Waals surface area contributed by atoms with Crippen molar-refractivity contribution in [1.29, 1.82) is 0 Å². The van der Waals surface area contributed by atoms with Gasteiger partial charge in [-0.25, -0.2) is 0 Å². The lowest BCUT2D eigenvalue weighted by Crippen LogP contribution is -2.30. The Morgan fingerprint density at radius 3 is 2.76 bits per heavy atom. The van der Waals surface area contributed by atoms with E-state index in [0.717, 1.165) is 12.1 Å². The fourth-order valence-corrected chi connectivity index (χ4v) is 3.07. The molecule has 3 nitrogen and oxygen atoms in total. The minimum atomic E-state index is -0.575. The molecule has 1 aromatic rings. The van der Waals surface area contributed by atoms with Gasteiger partial charge in [0.05, 0.1) is 27.7 Å². The smallest absolute Gasteiger partial charge is 0.201 e. The number of aromatic nitrogens is 1. The first kappa shape index (κ1) is 12.5. The molecular formula is C13H18NO2Si. The highest BCUT2D eigenvalue weighted by Gasteiger charge is 2.24. The van der Waals surface area contributed by atoms with Gasteiger partial charge in [-0.2, -0.15) is 0 Å². The van der Waals surface area contributed by atoms with Crippen LogP contribution in [-0.2, 0) is 15.9 Å². The third-order valence-corrected chi connectivity index (χ3v) is 4.22. The fraction of sp³-hybridized carbons (Fsp3) is 0.462. The van der Waals surface area contributed by atoms with E-state index < -0.39 is 8.80 Å². The lowest BCUT2D eigenvalue weighted by atomic mass is 10.2. The van der Waals surface area contributed by atoms with Crippen LogP contribution in [0.2, 0.25) is 13.1 Å². The van der Waals surface area contributed by atoms with E-state index in [1.54, 1.807) is 0 Å². The molecule has 0 spiro atoms. The summed E-state index contributed by atoms with van der Waals surface area (Å²) in [6, 6.07) is 2.23. The van der Waals surface area contributed by atoms with Crippen LogP contribution in [0.25, 0.3) is 0 Å². The van der Waals surface area contributed by atoms with E-state index in [-0.39, 0.29) is 6.29 Å². The summed E-state index contributed by atoms with van der Waals surface area (Å²) in [5.74, 6) is 0. The predicted molar refractivity (Wildman–Crippen MR) is 69.9 cm³/mol. The van der Waals surface area contributed by atoms with Crippen molar-refractivity contribution < 1.29 is 9.47 Å². The topological polar surface area (TPSA) is 31.4 Å². The molecule has 0 atom stereocenters. The van der Waals surface area contributed by atoms with E-state index in [9.17, 15) is 0 Å². The maximum absolute atomic E-state index is 5.54. The van der Waals surface area contributed by atoms with Crippen molar-refractivity contribution in [2.75, 3.05) is 13.2 Å². The molecule has 0 bridgehead atoms. The molecule has 0 unspecified atom stereocenters. The normalized spacial score (nSPS) is 16.6. The Morgan fingerprint density at radius 1 is 1.47 bits per heavy atom. The van der Waals surface area contributed by atoms with Crippen molar-refractivity contribution in [2.45, 2.75) is 25.8 Å². The first-order valence-corrected chi connectivity index (χ1v) is 8.36. The maximum Gasteiger partial charge on any atom is 0.201 e. The fourth-order valence-electron chi connectivity index (χ4n) is 1.90. The van der Waals surface area contributed by atoms with Crippen LogP contribution in [0.15, 0.2) is 24.9 Å². The molecule has 0 amide bonds. The largest absolute Gasteiger partial charge is 0.345 e. The van der Waals surface area contributed by atoms with Crippen LogP contribution in [-0.4, -0.2) is 27.0 Å². The number of nitrogens with zero attached hydrogens (tertiary/aromatic N) is 1. The Bertz CT molecular complexity index is 400. The second kappa shape index (κ2) is 5.58. The number of rotatable bonds is 4. The standard InChI is InChI=1S/C13H18NO2Si/c1-4-5-10-8-11(17(2)3)12(14-9-10)13-15-6-7-16-13/h4,8-9,13H,1,5-7H2,2-3H3. The molecule has 0 aliphatic carbocycles. The number of allylic oxidation sites excluding steroid dienone is 1. The number of pyridine rings is 1. The first-order valence-electron chi connectivity index (χ1n) is 5.86. The van der Waals surface area contributed by atoms with Crippen molar-refractivity contribution in [3.8, 4) is 0 Å². The Balaban J connectivity index is 2.33. The lowest BCUT2D eigenvalue weighted by Gasteiger charge is -2.16. The molecule has 0 aromatic carbocycles. The van der Waals surface area contributed by atoms with Gasteiger partial charge in [0.15, 0.2) is 0 Å². The van der Waals surface area contributed by atoms with Crippen molar-refractivity contribution >= 4 is 14.0 Å². The van der Waals surface area contributed by atoms with E-state index in [2.05, 4.69) is 30.7 Å². The summed E-state index contributed by atoms with van der Waals surface area (Å²) in [7, 11) is -0.575. The molecule has 1 aromatic heterocycles. The molecule has 4 heteroatoms. The van der Waals surface area contributed by atoms with Crippen LogP contribution in [0.1, 0.15) is 17.5 Å². The summed E-state index contributed by atoms with van der Waals surface area (Å²) in [4.78, 5) is 4.53. The van der Waals surface area contributed by atoms with Gasteiger partial charge in [0.2, 0.25) is 6.29 Å². The van der Waals surface area contributed by atoms with E-state index in [0.29, 0.717) is 13.2 Å².